The molecule has 12 nitrogen and oxygen atoms in total. The maximum absolute atomic E-state index is 13.9. The maximum Gasteiger partial charge on any atom is 0.279 e. The summed E-state index contributed by atoms with van der Waals surface area (Å²) in [5.74, 6) is 5.63. The van der Waals surface area contributed by atoms with Crippen LogP contribution >= 0.6 is 0 Å². The Labute approximate surface area is 259 Å². The third-order valence-corrected chi connectivity index (χ3v) is 7.88. The molecule has 45 heavy (non-hydrogen) atoms. The standard InChI is InChI=1S/C31H31FN6O6S/c1-19(42-3)15-23(16-20(2)43-4)34-29-30(37-27-12-7-6-11-26(27)36-29)38(33)45(40,41)24-10-8-9-22(18-24)35-31(39)25-17-21(32)13-14-28(25)44-5/h6-18H,1,33H2,2-5H3,(H,34,36)(H,35,39)/b20-16+,23-15+. The summed E-state index contributed by atoms with van der Waals surface area (Å²) < 4.78 is 57.6. The second-order valence-corrected chi connectivity index (χ2v) is 11.2. The zero-order valence-corrected chi connectivity index (χ0v) is 25.7. The molecule has 0 aliphatic carbocycles. The van der Waals surface area contributed by atoms with Gasteiger partial charge in [0.15, 0.2) is 5.82 Å². The second-order valence-electron chi connectivity index (χ2n) is 9.37. The fraction of sp³-hybridized carbons (Fsp3) is 0.129. The van der Waals surface area contributed by atoms with Gasteiger partial charge in [-0.1, -0.05) is 24.8 Å². The van der Waals surface area contributed by atoms with E-state index in [1.54, 1.807) is 43.3 Å². The van der Waals surface area contributed by atoms with Crippen molar-refractivity contribution in [1.82, 2.24) is 9.97 Å². The lowest BCUT2D eigenvalue weighted by atomic mass is 10.1. The van der Waals surface area contributed by atoms with Crippen LogP contribution in [0.4, 0.5) is 21.7 Å². The van der Waals surface area contributed by atoms with E-state index >= 15 is 0 Å². The number of nitrogens with zero attached hydrogens (tertiary/aromatic N) is 3. The minimum atomic E-state index is -4.49. The van der Waals surface area contributed by atoms with E-state index in [2.05, 4.69) is 27.2 Å². The van der Waals surface area contributed by atoms with Crippen LogP contribution in [0.25, 0.3) is 11.0 Å². The minimum absolute atomic E-state index is 0.00209. The Kier molecular flexibility index (Phi) is 10.0. The molecule has 4 N–H and O–H groups in total. The highest BCUT2D eigenvalue weighted by Crippen LogP contribution is 2.30. The van der Waals surface area contributed by atoms with Gasteiger partial charge in [0.2, 0.25) is 5.82 Å². The molecule has 234 valence electrons. The van der Waals surface area contributed by atoms with E-state index in [0.29, 0.717) is 32.7 Å². The van der Waals surface area contributed by atoms with E-state index < -0.39 is 21.7 Å². The fourth-order valence-electron chi connectivity index (χ4n) is 4.01. The van der Waals surface area contributed by atoms with Crippen LogP contribution in [0.15, 0.2) is 108 Å². The molecular weight excluding hydrogens is 603 g/mol. The van der Waals surface area contributed by atoms with Crippen molar-refractivity contribution in [3.8, 4) is 5.75 Å². The van der Waals surface area contributed by atoms with E-state index in [9.17, 15) is 17.6 Å². The predicted octanol–water partition coefficient (Wildman–Crippen LogP) is 5.10. The van der Waals surface area contributed by atoms with Gasteiger partial charge in [0.1, 0.15) is 17.3 Å². The largest absolute Gasteiger partial charge is 0.501 e. The van der Waals surface area contributed by atoms with Crippen molar-refractivity contribution in [3.05, 3.63) is 114 Å². The Morgan fingerprint density at radius 3 is 2.33 bits per heavy atom. The third kappa shape index (κ3) is 7.55. The van der Waals surface area contributed by atoms with Crippen LogP contribution in [0, 0.1) is 5.82 Å². The van der Waals surface area contributed by atoms with Crippen LogP contribution in [0.3, 0.4) is 0 Å². The molecule has 1 amide bonds. The number of sulfonamides is 1. The van der Waals surface area contributed by atoms with Gasteiger partial charge in [0.25, 0.3) is 15.9 Å². The molecule has 0 aliphatic rings. The van der Waals surface area contributed by atoms with Gasteiger partial charge >= 0.3 is 0 Å². The van der Waals surface area contributed by atoms with E-state index in [4.69, 9.17) is 20.1 Å². The number of nitrogens with one attached hydrogen (secondary N) is 2. The second kappa shape index (κ2) is 13.9. The first kappa shape index (κ1) is 32.4. The molecule has 0 unspecified atom stereocenters. The molecule has 0 atom stereocenters. The summed E-state index contributed by atoms with van der Waals surface area (Å²) in [7, 11) is -0.202. The molecule has 14 heteroatoms. The number of hydrogen-bond donors (Lipinski definition) is 3. The van der Waals surface area contributed by atoms with Crippen LogP contribution in [0.5, 0.6) is 5.75 Å². The molecule has 0 saturated heterocycles. The number of methoxy groups -OCH3 is 3. The molecule has 0 radical (unpaired) electrons. The van der Waals surface area contributed by atoms with Gasteiger partial charge in [-0.05, 0) is 61.5 Å². The third-order valence-electron chi connectivity index (χ3n) is 6.34. The van der Waals surface area contributed by atoms with Crippen LogP contribution < -0.4 is 25.6 Å². The summed E-state index contributed by atoms with van der Waals surface area (Å²) in [6.45, 7) is 5.52. The van der Waals surface area contributed by atoms with Crippen molar-refractivity contribution in [2.24, 2.45) is 5.84 Å². The van der Waals surface area contributed by atoms with Gasteiger partial charge in [0.05, 0.1) is 48.6 Å². The quantitative estimate of drug-likeness (QED) is 0.0828. The Morgan fingerprint density at radius 2 is 1.67 bits per heavy atom. The van der Waals surface area contributed by atoms with Crippen molar-refractivity contribution in [2.75, 3.05) is 36.4 Å². The lowest BCUT2D eigenvalue weighted by molar-refractivity contribution is 0.102. The maximum atomic E-state index is 13.9. The molecule has 0 aliphatic heterocycles. The molecule has 0 bridgehead atoms. The monoisotopic (exact) mass is 634 g/mol. The average Bonchev–Trinajstić information content (AvgIpc) is 3.03. The number of fused-ring (bicyclic) bond motifs is 1. The topological polar surface area (TPSA) is 158 Å². The summed E-state index contributed by atoms with van der Waals surface area (Å²) in [5, 5.41) is 5.62. The molecule has 3 aromatic carbocycles. The zero-order valence-electron chi connectivity index (χ0n) is 24.9. The van der Waals surface area contributed by atoms with Crippen molar-refractivity contribution in [1.29, 1.82) is 0 Å². The first-order valence-electron chi connectivity index (χ1n) is 13.2. The van der Waals surface area contributed by atoms with Crippen LogP contribution in [-0.4, -0.2) is 45.6 Å². The molecule has 0 spiro atoms. The summed E-state index contributed by atoms with van der Waals surface area (Å²) in [6.07, 6.45) is 3.18. The Bertz CT molecular complexity index is 1930. The van der Waals surface area contributed by atoms with Crippen molar-refractivity contribution < 1.29 is 31.8 Å². The molecule has 1 aromatic heterocycles. The van der Waals surface area contributed by atoms with E-state index in [1.807, 2.05) is 0 Å². The number of hydrazine groups is 1. The van der Waals surface area contributed by atoms with E-state index in [-0.39, 0.29) is 33.5 Å². The number of aromatic nitrogens is 2. The van der Waals surface area contributed by atoms with Gasteiger partial charge in [-0.15, -0.1) is 0 Å². The Balaban J connectivity index is 1.74. The van der Waals surface area contributed by atoms with E-state index in [1.165, 1.54) is 51.7 Å². The highest BCUT2D eigenvalue weighted by atomic mass is 32.2. The highest BCUT2D eigenvalue weighted by molar-refractivity contribution is 7.92. The molecule has 4 rings (SSSR count). The molecule has 0 fully saturated rings. The first-order valence-corrected chi connectivity index (χ1v) is 14.7. The lowest BCUT2D eigenvalue weighted by Gasteiger charge is -2.21. The fourth-order valence-corrected chi connectivity index (χ4v) is 5.12. The highest BCUT2D eigenvalue weighted by Gasteiger charge is 2.28. The molecule has 0 saturated carbocycles. The summed E-state index contributed by atoms with van der Waals surface area (Å²) in [6, 6.07) is 15.7. The van der Waals surface area contributed by atoms with Crippen molar-refractivity contribution >= 4 is 44.3 Å². The number of hydrogen-bond acceptors (Lipinski definition) is 10. The summed E-state index contributed by atoms with van der Waals surface area (Å²) in [5.41, 5.74) is 1.25. The van der Waals surface area contributed by atoms with Gasteiger partial charge in [-0.2, -0.15) is 12.8 Å². The first-order chi connectivity index (χ1) is 21.5. The van der Waals surface area contributed by atoms with Gasteiger partial charge in [-0.25, -0.2) is 20.2 Å². The number of amides is 1. The van der Waals surface area contributed by atoms with Gasteiger partial charge in [-0.3, -0.25) is 4.79 Å². The van der Waals surface area contributed by atoms with Crippen LogP contribution in [0.2, 0.25) is 0 Å². The molecular formula is C31H31FN6O6S. The lowest BCUT2D eigenvalue weighted by Crippen LogP contribution is -2.39. The zero-order chi connectivity index (χ0) is 32.7. The molecule has 1 heterocycles. The smallest absolute Gasteiger partial charge is 0.279 e. The number of anilines is 3. The van der Waals surface area contributed by atoms with Crippen molar-refractivity contribution in [2.45, 2.75) is 11.8 Å². The number of halogens is 1. The van der Waals surface area contributed by atoms with Crippen LogP contribution in [-0.2, 0) is 19.5 Å². The number of rotatable bonds is 12. The molecule has 4 aromatic rings. The average molecular weight is 635 g/mol. The van der Waals surface area contributed by atoms with Gasteiger partial charge < -0.3 is 24.8 Å². The number of benzene rings is 3. The Morgan fingerprint density at radius 1 is 0.956 bits per heavy atom. The number of carbonyl (C=O) groups excluding carboxylic acids is 1. The normalized spacial score (nSPS) is 12.0. The van der Waals surface area contributed by atoms with E-state index in [0.717, 1.165) is 12.1 Å². The summed E-state index contributed by atoms with van der Waals surface area (Å²) >= 11 is 0. The number of para-hydroxylation sites is 2. The minimum Gasteiger partial charge on any atom is -0.501 e. The van der Waals surface area contributed by atoms with Crippen LogP contribution in [0.1, 0.15) is 17.3 Å². The summed E-state index contributed by atoms with van der Waals surface area (Å²) in [4.78, 5) is 21.7. The number of ether oxygens (including phenoxy) is 3. The predicted molar refractivity (Wildman–Crippen MR) is 169 cm³/mol. The van der Waals surface area contributed by atoms with Crippen molar-refractivity contribution in [3.63, 3.8) is 0 Å². The Hall–Kier alpha value is -5.47. The SMILES string of the molecule is C=C(/C=C(\C=C(/C)OC)Nc1nc2ccccc2nc1N(N)S(=O)(=O)c1cccc(NC(=O)c2cc(F)ccc2OC)c1)OC. The number of nitrogens with two attached hydrogens (primary N) is 1. The number of carbonyl (C=O) groups is 1. The number of allylic oxidation sites excluding steroid dienone is 3. The van der Waals surface area contributed by atoms with Gasteiger partial charge in [0, 0.05) is 17.5 Å².